The van der Waals surface area contributed by atoms with Gasteiger partial charge in [0.15, 0.2) is 17.4 Å². The van der Waals surface area contributed by atoms with Crippen molar-refractivity contribution in [1.82, 2.24) is 9.80 Å². The first-order valence-electron chi connectivity index (χ1n) is 9.28. The van der Waals surface area contributed by atoms with Crippen LogP contribution in [0.15, 0.2) is 36.4 Å². The van der Waals surface area contributed by atoms with Gasteiger partial charge in [-0.3, -0.25) is 14.4 Å². The van der Waals surface area contributed by atoms with Crippen molar-refractivity contribution in [3.05, 3.63) is 59.2 Å². The average Bonchev–Trinajstić information content (AvgIpc) is 2.71. The van der Waals surface area contributed by atoms with Crippen molar-refractivity contribution in [2.45, 2.75) is 12.9 Å². The summed E-state index contributed by atoms with van der Waals surface area (Å²) in [5.74, 6) is -3.30. The largest absolute Gasteiger partial charge is 0.573 e. The minimum absolute atomic E-state index is 0.106. The maximum atomic E-state index is 13.4. The molecule has 0 unspecified atom stereocenters. The van der Waals surface area contributed by atoms with Gasteiger partial charge in [0.05, 0.1) is 5.69 Å². The molecule has 7 nitrogen and oxygen atoms in total. The Kier molecular flexibility index (Phi) is 7.19. The van der Waals surface area contributed by atoms with Crippen LogP contribution in [0.5, 0.6) is 5.75 Å². The zero-order valence-electron chi connectivity index (χ0n) is 16.4. The zero-order chi connectivity index (χ0) is 23.5. The summed E-state index contributed by atoms with van der Waals surface area (Å²) in [6.45, 7) is 1.67. The molecule has 1 saturated heterocycles. The molecule has 0 aromatic heterocycles. The average molecular weight is 479 g/mol. The Morgan fingerprint density at radius 2 is 1.69 bits per heavy atom. The van der Waals surface area contributed by atoms with Crippen LogP contribution in [0.1, 0.15) is 15.9 Å². The Labute approximate surface area is 181 Å². The molecule has 1 aliphatic rings. The first kappa shape index (κ1) is 23.7. The molecule has 32 heavy (non-hydrogen) atoms. The summed E-state index contributed by atoms with van der Waals surface area (Å²) in [6.07, 6.45) is -5.09. The van der Waals surface area contributed by atoms with E-state index in [-0.39, 0.29) is 18.7 Å². The highest BCUT2D eigenvalue weighted by molar-refractivity contribution is 7.73. The second kappa shape index (κ2) is 9.69. The number of benzene rings is 2. The number of nitrogens with one attached hydrogen (secondary N) is 1. The maximum absolute atomic E-state index is 13.4. The number of anilines is 1. The number of rotatable bonds is 6. The zero-order valence-corrected chi connectivity index (χ0v) is 17.3. The van der Waals surface area contributed by atoms with Crippen LogP contribution in [0.3, 0.4) is 0 Å². The smallest absolute Gasteiger partial charge is 0.404 e. The van der Waals surface area contributed by atoms with Crippen LogP contribution in [0, 0.1) is 11.6 Å². The van der Waals surface area contributed by atoms with E-state index < -0.39 is 46.2 Å². The Morgan fingerprint density at radius 1 is 1.00 bits per heavy atom. The third-order valence-corrected chi connectivity index (χ3v) is 5.14. The number of nitrogens with zero attached hydrogens (tertiary/aromatic N) is 2. The molecule has 3 rings (SSSR count). The molecule has 0 bridgehead atoms. The van der Waals surface area contributed by atoms with E-state index in [1.165, 1.54) is 17.0 Å². The fraction of sp³-hybridized carbons (Fsp3) is 0.316. The van der Waals surface area contributed by atoms with E-state index in [1.807, 2.05) is 9.62 Å². The predicted octanol–water partition coefficient (Wildman–Crippen LogP) is 2.76. The molecule has 0 saturated carbocycles. The van der Waals surface area contributed by atoms with Gasteiger partial charge in [0, 0.05) is 38.3 Å². The van der Waals surface area contributed by atoms with E-state index in [0.29, 0.717) is 25.2 Å². The number of piperazine rings is 1. The van der Waals surface area contributed by atoms with Crippen molar-refractivity contribution < 1.29 is 39.9 Å². The summed E-state index contributed by atoms with van der Waals surface area (Å²) in [5, 5.41) is 0. The van der Waals surface area contributed by atoms with Crippen molar-refractivity contribution in [3.8, 4) is 5.75 Å². The Balaban J connectivity index is 1.67. The highest BCUT2D eigenvalue weighted by Gasteiger charge is 2.33. The van der Waals surface area contributed by atoms with Crippen molar-refractivity contribution in [2.24, 2.45) is 0 Å². The molecular formula is C19H18F5N3O4S. The third kappa shape index (κ3) is 6.29. The van der Waals surface area contributed by atoms with Gasteiger partial charge in [-0.25, -0.2) is 17.2 Å². The SMILES string of the molecule is O=C(c1ccc(N[SH](=O)=O)c(OC(F)(F)F)c1)N1CCN(Cc2ccc(F)c(F)c2)CC1. The van der Waals surface area contributed by atoms with Crippen LogP contribution in [-0.2, 0) is 17.4 Å². The molecule has 2 aromatic carbocycles. The molecule has 1 N–H and O–H groups in total. The maximum Gasteiger partial charge on any atom is 0.573 e. The van der Waals surface area contributed by atoms with E-state index in [1.54, 1.807) is 0 Å². The molecule has 1 amide bonds. The number of carbonyl (C=O) groups is 1. The predicted molar refractivity (Wildman–Crippen MR) is 105 cm³/mol. The fourth-order valence-electron chi connectivity index (χ4n) is 3.24. The van der Waals surface area contributed by atoms with E-state index in [9.17, 15) is 35.2 Å². The molecule has 0 atom stereocenters. The second-order valence-electron chi connectivity index (χ2n) is 6.94. The summed E-state index contributed by atoms with van der Waals surface area (Å²) in [6, 6.07) is 6.63. The summed E-state index contributed by atoms with van der Waals surface area (Å²) < 4.78 is 91.7. The van der Waals surface area contributed by atoms with E-state index in [0.717, 1.165) is 24.3 Å². The molecule has 13 heteroatoms. The van der Waals surface area contributed by atoms with Gasteiger partial charge >= 0.3 is 6.36 Å². The summed E-state index contributed by atoms with van der Waals surface area (Å²) in [7, 11) is -3.24. The number of ether oxygens (including phenoxy) is 1. The number of hydrogen-bond acceptors (Lipinski definition) is 5. The van der Waals surface area contributed by atoms with Gasteiger partial charge in [0.1, 0.15) is 0 Å². The molecule has 1 fully saturated rings. The van der Waals surface area contributed by atoms with Crippen molar-refractivity contribution in [1.29, 1.82) is 0 Å². The first-order valence-corrected chi connectivity index (χ1v) is 10.5. The van der Waals surface area contributed by atoms with Gasteiger partial charge in [0.2, 0.25) is 10.9 Å². The summed E-state index contributed by atoms with van der Waals surface area (Å²) in [4.78, 5) is 16.1. The highest BCUT2D eigenvalue weighted by atomic mass is 32.2. The molecule has 1 heterocycles. The Morgan fingerprint density at radius 3 is 2.28 bits per heavy atom. The Hall–Kier alpha value is -2.93. The van der Waals surface area contributed by atoms with Gasteiger partial charge in [-0.15, -0.1) is 13.2 Å². The van der Waals surface area contributed by atoms with E-state index in [2.05, 4.69) is 4.74 Å². The number of carbonyl (C=O) groups excluding carboxylic acids is 1. The fourth-order valence-corrected chi connectivity index (χ4v) is 3.62. The van der Waals surface area contributed by atoms with Gasteiger partial charge in [0.25, 0.3) is 5.91 Å². The molecule has 0 spiro atoms. The summed E-state index contributed by atoms with van der Waals surface area (Å²) in [5.41, 5.74) is 0.00808. The lowest BCUT2D eigenvalue weighted by Gasteiger charge is -2.35. The molecule has 174 valence electrons. The van der Waals surface area contributed by atoms with Gasteiger partial charge in [-0.2, -0.15) is 0 Å². The molecule has 2 aromatic rings. The number of amides is 1. The van der Waals surface area contributed by atoms with Crippen molar-refractivity contribution >= 4 is 22.5 Å². The Bertz CT molecular complexity index is 1060. The molecule has 0 radical (unpaired) electrons. The lowest BCUT2D eigenvalue weighted by molar-refractivity contribution is -0.274. The van der Waals surface area contributed by atoms with Crippen LogP contribution < -0.4 is 9.46 Å². The number of halogens is 5. The topological polar surface area (TPSA) is 78.9 Å². The van der Waals surface area contributed by atoms with Crippen LogP contribution >= 0.6 is 0 Å². The minimum atomic E-state index is -5.09. The molecule has 1 aliphatic heterocycles. The van der Waals surface area contributed by atoms with Crippen molar-refractivity contribution in [3.63, 3.8) is 0 Å². The summed E-state index contributed by atoms with van der Waals surface area (Å²) >= 11 is 0. The van der Waals surface area contributed by atoms with E-state index in [4.69, 9.17) is 0 Å². The van der Waals surface area contributed by atoms with Crippen LogP contribution in [0.4, 0.5) is 27.6 Å². The third-order valence-electron chi connectivity index (χ3n) is 4.72. The van der Waals surface area contributed by atoms with Gasteiger partial charge in [-0.1, -0.05) is 6.07 Å². The van der Waals surface area contributed by atoms with Gasteiger partial charge < -0.3 is 9.64 Å². The van der Waals surface area contributed by atoms with Crippen LogP contribution in [-0.4, -0.2) is 56.7 Å². The van der Waals surface area contributed by atoms with Crippen LogP contribution in [0.2, 0.25) is 0 Å². The van der Waals surface area contributed by atoms with Crippen molar-refractivity contribution in [2.75, 3.05) is 30.9 Å². The lowest BCUT2D eigenvalue weighted by atomic mass is 10.1. The highest BCUT2D eigenvalue weighted by Crippen LogP contribution is 2.32. The number of thiol groups is 1. The number of alkyl halides is 3. The monoisotopic (exact) mass is 479 g/mol. The van der Waals surface area contributed by atoms with Gasteiger partial charge in [-0.05, 0) is 35.9 Å². The first-order chi connectivity index (χ1) is 15.0. The quantitative estimate of drug-likeness (QED) is 0.492. The molecule has 0 aliphatic carbocycles. The second-order valence-corrected chi connectivity index (χ2v) is 7.68. The normalized spacial score (nSPS) is 15.1. The van der Waals surface area contributed by atoms with E-state index >= 15 is 0 Å². The number of hydrogen-bond donors (Lipinski definition) is 2. The van der Waals surface area contributed by atoms with Crippen LogP contribution in [0.25, 0.3) is 0 Å². The molecular weight excluding hydrogens is 461 g/mol. The standard InChI is InChI=1S/C19H18F5N3O4S/c20-14-3-1-12(9-15(14)21)11-26-5-7-27(8-6-26)18(28)13-2-4-16(25-32(29)30)17(10-13)31-19(22,23)24/h1-4,9-10,32H,5-8,11H2,(H,25,29,30). The minimum Gasteiger partial charge on any atom is -0.404 e. The lowest BCUT2D eigenvalue weighted by Crippen LogP contribution is -2.48.